The minimum atomic E-state index is 0.343. The van der Waals surface area contributed by atoms with Crippen LogP contribution in [0.2, 0.25) is 0 Å². The first-order chi connectivity index (χ1) is 5.69. The van der Waals surface area contributed by atoms with E-state index in [1.807, 2.05) is 12.3 Å². The summed E-state index contributed by atoms with van der Waals surface area (Å²) in [6.45, 7) is 0. The summed E-state index contributed by atoms with van der Waals surface area (Å²) in [5.41, 5.74) is 11.8. The van der Waals surface area contributed by atoms with Crippen LogP contribution in [-0.4, -0.2) is 11.2 Å². The molecule has 0 aromatic carbocycles. The van der Waals surface area contributed by atoms with Crippen molar-refractivity contribution >= 4 is 23.3 Å². The Kier molecular flexibility index (Phi) is 2.41. The number of hydrogen-bond acceptors (Lipinski definition) is 5. The van der Waals surface area contributed by atoms with Gasteiger partial charge in [-0.2, -0.15) is 5.26 Å². The molecular formula is C7H8N4S. The molecule has 0 saturated carbocycles. The van der Waals surface area contributed by atoms with Gasteiger partial charge in [0.05, 0.1) is 5.69 Å². The average Bonchev–Trinajstić information content (AvgIpc) is 2.03. The predicted octanol–water partition coefficient (Wildman–Crippen LogP) is 0.840. The van der Waals surface area contributed by atoms with Crippen LogP contribution in [0.4, 0.5) is 11.5 Å². The van der Waals surface area contributed by atoms with Gasteiger partial charge in [-0.05, 0) is 6.26 Å². The van der Waals surface area contributed by atoms with Crippen molar-refractivity contribution in [2.24, 2.45) is 0 Å². The molecule has 5 heteroatoms. The topological polar surface area (TPSA) is 88.7 Å². The lowest BCUT2D eigenvalue weighted by atomic mass is 10.2. The van der Waals surface area contributed by atoms with E-state index < -0.39 is 0 Å². The Balaban J connectivity index is 3.36. The fourth-order valence-electron chi connectivity index (χ4n) is 0.820. The van der Waals surface area contributed by atoms with Crippen LogP contribution in [0.1, 0.15) is 5.56 Å². The quantitative estimate of drug-likeness (QED) is 0.625. The Morgan fingerprint density at radius 2 is 2.25 bits per heavy atom. The summed E-state index contributed by atoms with van der Waals surface area (Å²) >= 11 is 1.35. The molecule has 0 aliphatic rings. The molecule has 62 valence electrons. The van der Waals surface area contributed by atoms with E-state index in [1.54, 1.807) is 0 Å². The van der Waals surface area contributed by atoms with Crippen molar-refractivity contribution in [1.82, 2.24) is 4.98 Å². The minimum absolute atomic E-state index is 0.343. The molecular weight excluding hydrogens is 172 g/mol. The Bertz CT molecular complexity index is 342. The van der Waals surface area contributed by atoms with Crippen LogP contribution in [0.3, 0.4) is 0 Å². The third-order valence-corrected chi connectivity index (χ3v) is 2.02. The molecule has 1 aromatic rings. The number of anilines is 2. The number of nitriles is 1. The summed E-state index contributed by atoms with van der Waals surface area (Å²) in [5.74, 6) is 0.343. The van der Waals surface area contributed by atoms with Crippen LogP contribution in [0, 0.1) is 11.3 Å². The number of pyridine rings is 1. The van der Waals surface area contributed by atoms with Crippen LogP contribution < -0.4 is 11.5 Å². The summed E-state index contributed by atoms with van der Waals surface area (Å²) in [6.07, 6.45) is 1.82. The van der Waals surface area contributed by atoms with Crippen LogP contribution >= 0.6 is 11.8 Å². The number of hydrogen-bond donors (Lipinski definition) is 2. The Labute approximate surface area is 74.6 Å². The van der Waals surface area contributed by atoms with Gasteiger partial charge < -0.3 is 11.5 Å². The van der Waals surface area contributed by atoms with Crippen LogP contribution in [0.25, 0.3) is 0 Å². The second-order valence-corrected chi connectivity index (χ2v) is 2.93. The van der Waals surface area contributed by atoms with Gasteiger partial charge >= 0.3 is 0 Å². The van der Waals surface area contributed by atoms with E-state index in [9.17, 15) is 0 Å². The number of nitrogens with two attached hydrogens (primary N) is 2. The third-order valence-electron chi connectivity index (χ3n) is 1.34. The van der Waals surface area contributed by atoms with Crippen molar-refractivity contribution in [2.45, 2.75) is 5.03 Å². The first-order valence-electron chi connectivity index (χ1n) is 3.19. The first kappa shape index (κ1) is 8.68. The summed E-state index contributed by atoms with van der Waals surface area (Å²) in [4.78, 5) is 3.96. The normalized spacial score (nSPS) is 9.33. The Hall–Kier alpha value is -1.41. The molecule has 4 N–H and O–H groups in total. The van der Waals surface area contributed by atoms with Gasteiger partial charge in [-0.25, -0.2) is 4.98 Å². The van der Waals surface area contributed by atoms with Crippen molar-refractivity contribution in [1.29, 1.82) is 5.26 Å². The predicted molar refractivity (Wildman–Crippen MR) is 49.6 cm³/mol. The van der Waals surface area contributed by atoms with Crippen molar-refractivity contribution in [3.63, 3.8) is 0 Å². The fraction of sp³-hybridized carbons (Fsp3) is 0.143. The standard InChI is InChI=1S/C7H8N4S/c1-12-7-4(3-8)5(9)2-6(10)11-7/h2H,1H3,(H4,9,10,11). The molecule has 0 radical (unpaired) electrons. The average molecular weight is 180 g/mol. The van der Waals surface area contributed by atoms with Gasteiger partial charge in [0.2, 0.25) is 0 Å². The second kappa shape index (κ2) is 3.32. The van der Waals surface area contributed by atoms with Crippen LogP contribution in [0.15, 0.2) is 11.1 Å². The number of nitrogen functional groups attached to an aromatic ring is 2. The van der Waals surface area contributed by atoms with E-state index in [1.165, 1.54) is 17.8 Å². The highest BCUT2D eigenvalue weighted by atomic mass is 32.2. The van der Waals surface area contributed by atoms with Gasteiger partial charge in [-0.1, -0.05) is 0 Å². The Morgan fingerprint density at radius 3 is 2.75 bits per heavy atom. The molecule has 0 bridgehead atoms. The number of nitrogens with zero attached hydrogens (tertiary/aromatic N) is 2. The van der Waals surface area contributed by atoms with Gasteiger partial charge in [0.1, 0.15) is 22.5 Å². The lowest BCUT2D eigenvalue weighted by Gasteiger charge is -2.03. The lowest BCUT2D eigenvalue weighted by molar-refractivity contribution is 1.13. The third kappa shape index (κ3) is 1.43. The Morgan fingerprint density at radius 1 is 1.58 bits per heavy atom. The highest BCUT2D eigenvalue weighted by molar-refractivity contribution is 7.98. The van der Waals surface area contributed by atoms with Gasteiger partial charge in [-0.15, -0.1) is 11.8 Å². The SMILES string of the molecule is CSc1nc(N)cc(N)c1C#N. The largest absolute Gasteiger partial charge is 0.397 e. The summed E-state index contributed by atoms with van der Waals surface area (Å²) in [6, 6.07) is 3.46. The summed E-state index contributed by atoms with van der Waals surface area (Å²) in [7, 11) is 0. The molecule has 12 heavy (non-hydrogen) atoms. The van der Waals surface area contributed by atoms with Crippen LogP contribution in [-0.2, 0) is 0 Å². The zero-order chi connectivity index (χ0) is 9.14. The van der Waals surface area contributed by atoms with Crippen molar-refractivity contribution in [3.05, 3.63) is 11.6 Å². The molecule has 1 heterocycles. The fourth-order valence-corrected chi connectivity index (χ4v) is 1.38. The van der Waals surface area contributed by atoms with Crippen molar-refractivity contribution < 1.29 is 0 Å². The molecule has 0 saturated heterocycles. The summed E-state index contributed by atoms with van der Waals surface area (Å²) < 4.78 is 0. The van der Waals surface area contributed by atoms with Gasteiger partial charge in [0.15, 0.2) is 0 Å². The summed E-state index contributed by atoms with van der Waals surface area (Å²) in [5, 5.41) is 9.28. The number of thioether (sulfide) groups is 1. The smallest absolute Gasteiger partial charge is 0.126 e. The molecule has 0 fully saturated rings. The highest BCUT2D eigenvalue weighted by Gasteiger charge is 2.07. The molecule has 1 aromatic heterocycles. The second-order valence-electron chi connectivity index (χ2n) is 2.13. The van der Waals surface area contributed by atoms with Gasteiger partial charge in [-0.3, -0.25) is 0 Å². The highest BCUT2D eigenvalue weighted by Crippen LogP contribution is 2.23. The zero-order valence-corrected chi connectivity index (χ0v) is 7.35. The number of rotatable bonds is 1. The van der Waals surface area contributed by atoms with E-state index >= 15 is 0 Å². The monoisotopic (exact) mass is 180 g/mol. The van der Waals surface area contributed by atoms with E-state index in [-0.39, 0.29) is 0 Å². The molecule has 0 atom stereocenters. The van der Waals surface area contributed by atoms with E-state index in [4.69, 9.17) is 16.7 Å². The maximum absolute atomic E-state index is 8.70. The molecule has 4 nitrogen and oxygen atoms in total. The minimum Gasteiger partial charge on any atom is -0.397 e. The lowest BCUT2D eigenvalue weighted by Crippen LogP contribution is -1.99. The molecule has 0 unspecified atom stereocenters. The maximum Gasteiger partial charge on any atom is 0.126 e. The van der Waals surface area contributed by atoms with Crippen molar-refractivity contribution in [3.8, 4) is 6.07 Å². The van der Waals surface area contributed by atoms with Gasteiger partial charge in [0, 0.05) is 6.07 Å². The number of aromatic nitrogens is 1. The zero-order valence-electron chi connectivity index (χ0n) is 6.53. The van der Waals surface area contributed by atoms with Crippen LogP contribution in [0.5, 0.6) is 0 Å². The molecule has 0 spiro atoms. The van der Waals surface area contributed by atoms with E-state index in [0.29, 0.717) is 22.1 Å². The molecule has 0 aliphatic carbocycles. The molecule has 0 aliphatic heterocycles. The molecule has 1 rings (SSSR count). The molecule has 0 amide bonds. The first-order valence-corrected chi connectivity index (χ1v) is 4.41. The maximum atomic E-state index is 8.70. The van der Waals surface area contributed by atoms with E-state index in [0.717, 1.165) is 0 Å². The van der Waals surface area contributed by atoms with Gasteiger partial charge in [0.25, 0.3) is 0 Å². The van der Waals surface area contributed by atoms with Crippen molar-refractivity contribution in [2.75, 3.05) is 17.7 Å². The van der Waals surface area contributed by atoms with E-state index in [2.05, 4.69) is 4.98 Å².